The number of hydrogen-bond donors (Lipinski definition) is 1. The summed E-state index contributed by atoms with van der Waals surface area (Å²) < 4.78 is 30.9. The summed E-state index contributed by atoms with van der Waals surface area (Å²) in [7, 11) is 0.539. The van der Waals surface area contributed by atoms with Crippen molar-refractivity contribution >= 4 is 26.2 Å². The molecule has 0 saturated heterocycles. The van der Waals surface area contributed by atoms with E-state index in [2.05, 4.69) is 42.5 Å². The summed E-state index contributed by atoms with van der Waals surface area (Å²) >= 11 is 1.76. The largest absolute Gasteiger partial charge is 0.496 e. The molecule has 2 heterocycles. The molecule has 0 aliphatic heterocycles. The lowest BCUT2D eigenvalue weighted by molar-refractivity contribution is 0.342. The summed E-state index contributed by atoms with van der Waals surface area (Å²) in [6.07, 6.45) is 0. The molecule has 1 atom stereocenters. The van der Waals surface area contributed by atoms with E-state index in [1.54, 1.807) is 43.6 Å². The average molecular weight is 420 g/mol. The van der Waals surface area contributed by atoms with Crippen molar-refractivity contribution < 1.29 is 13.2 Å². The van der Waals surface area contributed by atoms with Crippen LogP contribution in [0, 0.1) is 0 Å². The van der Waals surface area contributed by atoms with Gasteiger partial charge in [0.05, 0.1) is 37.0 Å². The second kappa shape index (κ2) is 8.11. The third-order valence-electron chi connectivity index (χ3n) is 5.20. The van der Waals surface area contributed by atoms with Gasteiger partial charge >= 0.3 is 0 Å². The number of sulfone groups is 1. The first-order chi connectivity index (χ1) is 13.3. The molecule has 0 aliphatic carbocycles. The monoisotopic (exact) mass is 419 g/mol. The molecule has 0 amide bonds. The summed E-state index contributed by atoms with van der Waals surface area (Å²) in [6, 6.07) is 13.3. The van der Waals surface area contributed by atoms with E-state index >= 15 is 0 Å². The smallest absolute Gasteiger partial charge is 0.188 e. The molecule has 0 aliphatic rings. The number of methoxy groups -OCH3 is 1. The average Bonchev–Trinajstić information content (AvgIpc) is 3.39. The molecule has 0 bridgehead atoms. The highest BCUT2D eigenvalue weighted by atomic mass is 32.2. The first kappa shape index (κ1) is 20.6. The Bertz CT molecular complexity index is 1040. The van der Waals surface area contributed by atoms with Crippen LogP contribution < -0.4 is 9.22 Å². The van der Waals surface area contributed by atoms with Gasteiger partial charge in [-0.2, -0.15) is 0 Å². The third-order valence-corrected chi connectivity index (χ3v) is 8.05. The van der Waals surface area contributed by atoms with Crippen LogP contribution in [0.25, 0.3) is 11.3 Å². The van der Waals surface area contributed by atoms with E-state index in [0.717, 1.165) is 34.5 Å². The van der Waals surface area contributed by atoms with Crippen LogP contribution in [-0.2, 0) is 16.4 Å². The van der Waals surface area contributed by atoms with Crippen LogP contribution in [0.15, 0.2) is 52.7 Å². The topological polar surface area (TPSA) is 59.2 Å². The van der Waals surface area contributed by atoms with Crippen LogP contribution in [0.5, 0.6) is 5.75 Å². The van der Waals surface area contributed by atoms with Crippen LogP contribution in [-0.4, -0.2) is 39.9 Å². The van der Waals surface area contributed by atoms with Gasteiger partial charge in [-0.15, -0.1) is 0 Å². The van der Waals surface area contributed by atoms with Crippen LogP contribution >= 0.6 is 11.3 Å². The summed E-state index contributed by atoms with van der Waals surface area (Å²) in [5.41, 5.74) is 2.71. The Morgan fingerprint density at radius 3 is 2.54 bits per heavy atom. The molecule has 7 heteroatoms. The van der Waals surface area contributed by atoms with Crippen molar-refractivity contribution in [2.24, 2.45) is 0 Å². The molecular weight excluding hydrogens is 392 g/mol. The number of ether oxygens (including phenoxy) is 1. The second-order valence-corrected chi connectivity index (χ2v) is 10.2. The van der Waals surface area contributed by atoms with Gasteiger partial charge in [0, 0.05) is 17.3 Å². The standard InChI is InChI=1S/C21H27N2O3S2/c1-5-23(3,21-8-7-13-27-21)15-16-9-11-19(22-16)18-14-17(28(24,25)6-2)10-12-20(18)26-4/h7-14,22H,5-6,15H2,1-4H3/q+1. The van der Waals surface area contributed by atoms with E-state index in [1.807, 2.05) is 6.07 Å². The molecule has 150 valence electrons. The first-order valence-corrected chi connectivity index (χ1v) is 11.8. The van der Waals surface area contributed by atoms with Gasteiger partial charge in [0.15, 0.2) is 14.8 Å². The van der Waals surface area contributed by atoms with E-state index in [4.69, 9.17) is 4.74 Å². The molecule has 3 rings (SSSR count). The predicted octanol–water partition coefficient (Wildman–Crippen LogP) is 4.70. The molecule has 28 heavy (non-hydrogen) atoms. The van der Waals surface area contributed by atoms with Crippen molar-refractivity contribution in [3.63, 3.8) is 0 Å². The lowest BCUT2D eigenvalue weighted by atomic mass is 10.1. The molecule has 0 spiro atoms. The summed E-state index contributed by atoms with van der Waals surface area (Å²) in [6.45, 7) is 5.64. The SMILES string of the molecule is CC[N+](C)(Cc1ccc(-c2cc(S(=O)(=O)CC)ccc2OC)[nH]1)c1cccs1. The number of thiophene rings is 1. The van der Waals surface area contributed by atoms with Gasteiger partial charge in [-0.1, -0.05) is 18.3 Å². The minimum Gasteiger partial charge on any atom is -0.496 e. The lowest BCUT2D eigenvalue weighted by Gasteiger charge is -2.30. The summed E-state index contributed by atoms with van der Waals surface area (Å²) in [5.74, 6) is 0.719. The maximum Gasteiger partial charge on any atom is 0.188 e. The van der Waals surface area contributed by atoms with Gasteiger partial charge in [-0.25, -0.2) is 8.42 Å². The van der Waals surface area contributed by atoms with Crippen molar-refractivity contribution in [1.29, 1.82) is 0 Å². The number of nitrogens with one attached hydrogen (secondary N) is 1. The molecule has 0 fully saturated rings. The number of aromatic amines is 1. The number of hydrogen-bond acceptors (Lipinski definition) is 4. The highest BCUT2D eigenvalue weighted by Gasteiger charge is 2.25. The zero-order chi connectivity index (χ0) is 20.4. The number of rotatable bonds is 8. The highest BCUT2D eigenvalue weighted by molar-refractivity contribution is 7.91. The fraction of sp³-hybridized carbons (Fsp3) is 0.333. The fourth-order valence-electron chi connectivity index (χ4n) is 3.25. The van der Waals surface area contributed by atoms with Crippen molar-refractivity contribution in [3.05, 3.63) is 53.5 Å². The van der Waals surface area contributed by atoms with Gasteiger partial charge in [0.2, 0.25) is 0 Å². The number of benzene rings is 1. The molecule has 1 aromatic carbocycles. The molecule has 2 aromatic heterocycles. The van der Waals surface area contributed by atoms with Gasteiger partial charge in [0.1, 0.15) is 12.3 Å². The molecule has 0 saturated carbocycles. The van der Waals surface area contributed by atoms with E-state index in [-0.39, 0.29) is 5.75 Å². The Hall–Kier alpha value is -2.09. The number of H-pyrrole nitrogens is 1. The molecule has 1 unspecified atom stereocenters. The second-order valence-electron chi connectivity index (χ2n) is 6.98. The Balaban J connectivity index is 1.96. The lowest BCUT2D eigenvalue weighted by Crippen LogP contribution is -2.43. The minimum absolute atomic E-state index is 0.0713. The number of aromatic nitrogens is 1. The van der Waals surface area contributed by atoms with E-state index < -0.39 is 9.84 Å². The summed E-state index contributed by atoms with van der Waals surface area (Å²) in [5, 5.41) is 3.42. The van der Waals surface area contributed by atoms with Crippen molar-refractivity contribution in [2.45, 2.75) is 25.3 Å². The molecule has 0 radical (unpaired) electrons. The van der Waals surface area contributed by atoms with Crippen LogP contribution in [0.3, 0.4) is 0 Å². The number of quaternary nitrogens is 1. The highest BCUT2D eigenvalue weighted by Crippen LogP contribution is 2.33. The Morgan fingerprint density at radius 1 is 1.14 bits per heavy atom. The normalized spacial score (nSPS) is 14.0. The predicted molar refractivity (Wildman–Crippen MR) is 117 cm³/mol. The third kappa shape index (κ3) is 4.01. The van der Waals surface area contributed by atoms with Crippen LogP contribution in [0.2, 0.25) is 0 Å². The zero-order valence-corrected chi connectivity index (χ0v) is 18.4. The molecule has 3 aromatic rings. The van der Waals surface area contributed by atoms with E-state index in [0.29, 0.717) is 10.6 Å². The van der Waals surface area contributed by atoms with Crippen LogP contribution in [0.4, 0.5) is 5.00 Å². The van der Waals surface area contributed by atoms with E-state index in [9.17, 15) is 8.42 Å². The molecule has 5 nitrogen and oxygen atoms in total. The molecule has 1 N–H and O–H groups in total. The maximum atomic E-state index is 12.3. The van der Waals surface area contributed by atoms with Crippen molar-refractivity contribution in [3.8, 4) is 17.0 Å². The number of nitrogens with zero attached hydrogens (tertiary/aromatic N) is 1. The van der Waals surface area contributed by atoms with Gasteiger partial charge < -0.3 is 9.72 Å². The Morgan fingerprint density at radius 2 is 1.93 bits per heavy atom. The van der Waals surface area contributed by atoms with Gasteiger partial charge in [0.25, 0.3) is 0 Å². The Kier molecular flexibility index (Phi) is 5.98. The maximum absolute atomic E-state index is 12.3. The van der Waals surface area contributed by atoms with Gasteiger partial charge in [-0.05, 0) is 48.7 Å². The molecular formula is C21H27N2O3S2+. The first-order valence-electron chi connectivity index (χ1n) is 9.30. The fourth-order valence-corrected chi connectivity index (χ4v) is 5.05. The van der Waals surface area contributed by atoms with Gasteiger partial charge in [-0.3, -0.25) is 4.48 Å². The van der Waals surface area contributed by atoms with Crippen molar-refractivity contribution in [1.82, 2.24) is 9.47 Å². The van der Waals surface area contributed by atoms with E-state index in [1.165, 1.54) is 5.00 Å². The quantitative estimate of drug-likeness (QED) is 0.538. The minimum atomic E-state index is -3.28. The summed E-state index contributed by atoms with van der Waals surface area (Å²) in [4.78, 5) is 3.78. The van der Waals surface area contributed by atoms with Crippen molar-refractivity contribution in [2.75, 3.05) is 26.5 Å². The zero-order valence-electron chi connectivity index (χ0n) is 16.7. The Labute approximate surface area is 171 Å². The van der Waals surface area contributed by atoms with Crippen LogP contribution in [0.1, 0.15) is 19.5 Å².